The summed E-state index contributed by atoms with van der Waals surface area (Å²) in [5.41, 5.74) is 3.42. The van der Waals surface area contributed by atoms with Crippen molar-refractivity contribution in [1.82, 2.24) is 0 Å². The van der Waals surface area contributed by atoms with Gasteiger partial charge < -0.3 is 20.7 Å². The smallest absolute Gasteiger partial charge is 0.328 e. The van der Waals surface area contributed by atoms with Crippen LogP contribution in [0.4, 0.5) is 0 Å². The molecule has 1 aromatic carbocycles. The average molecular weight is 281 g/mol. The van der Waals surface area contributed by atoms with Crippen molar-refractivity contribution >= 4 is 11.9 Å². The van der Waals surface area contributed by atoms with Gasteiger partial charge >= 0.3 is 11.9 Å². The summed E-state index contributed by atoms with van der Waals surface area (Å²) >= 11 is 0. The van der Waals surface area contributed by atoms with Crippen LogP contribution in [-0.4, -0.2) is 28.8 Å². The molecule has 0 saturated carbocycles. The van der Waals surface area contributed by atoms with Crippen molar-refractivity contribution in [3.05, 3.63) is 29.8 Å². The van der Waals surface area contributed by atoms with Gasteiger partial charge in [0.2, 0.25) is 0 Å². The van der Waals surface area contributed by atoms with Gasteiger partial charge in [-0.3, -0.25) is 4.79 Å². The zero-order chi connectivity index (χ0) is 15.6. The first-order chi connectivity index (χ1) is 9.11. The number of ether oxygens (including phenoxy) is 1. The van der Waals surface area contributed by atoms with Crippen LogP contribution >= 0.6 is 0 Å². The van der Waals surface area contributed by atoms with Gasteiger partial charge in [0.15, 0.2) is 0 Å². The van der Waals surface area contributed by atoms with Crippen molar-refractivity contribution < 1.29 is 24.5 Å². The van der Waals surface area contributed by atoms with Crippen LogP contribution in [0.1, 0.15) is 26.3 Å². The first kappa shape index (κ1) is 16.1. The molecule has 0 bridgehead atoms. The molecule has 0 amide bonds. The molecule has 0 radical (unpaired) electrons. The molecule has 1 rings (SSSR count). The van der Waals surface area contributed by atoms with E-state index in [1.165, 1.54) is 19.1 Å². The van der Waals surface area contributed by atoms with E-state index in [4.69, 9.17) is 20.7 Å². The highest BCUT2D eigenvalue weighted by atomic mass is 16.5. The summed E-state index contributed by atoms with van der Waals surface area (Å²) in [5.74, 6) is -1.60. The maximum Gasteiger partial charge on any atom is 0.328 e. The maximum absolute atomic E-state index is 11.8. The van der Waals surface area contributed by atoms with Crippen molar-refractivity contribution in [2.75, 3.05) is 6.61 Å². The van der Waals surface area contributed by atoms with Crippen LogP contribution in [0.2, 0.25) is 0 Å². The van der Waals surface area contributed by atoms with E-state index in [9.17, 15) is 9.59 Å². The number of aliphatic hydroxyl groups is 1. The van der Waals surface area contributed by atoms with E-state index in [0.717, 1.165) is 0 Å². The molecule has 6 nitrogen and oxygen atoms in total. The zero-order valence-corrected chi connectivity index (χ0v) is 11.7. The summed E-state index contributed by atoms with van der Waals surface area (Å²) in [5, 5.41) is 18.2. The molecular formula is C14H19NO5. The lowest BCUT2D eigenvalue weighted by Crippen LogP contribution is -2.41. The Morgan fingerprint density at radius 2 is 1.90 bits per heavy atom. The van der Waals surface area contributed by atoms with Gasteiger partial charge in [-0.25, -0.2) is 4.79 Å². The van der Waals surface area contributed by atoms with Crippen molar-refractivity contribution in [3.8, 4) is 5.75 Å². The summed E-state index contributed by atoms with van der Waals surface area (Å²) in [7, 11) is 0. The van der Waals surface area contributed by atoms with Crippen LogP contribution in [0.5, 0.6) is 5.75 Å². The van der Waals surface area contributed by atoms with Gasteiger partial charge in [0.05, 0.1) is 12.0 Å². The van der Waals surface area contributed by atoms with Crippen molar-refractivity contribution in [2.24, 2.45) is 11.1 Å². The zero-order valence-electron chi connectivity index (χ0n) is 11.7. The number of esters is 1. The van der Waals surface area contributed by atoms with Crippen molar-refractivity contribution in [2.45, 2.75) is 26.3 Å². The normalized spacial score (nSPS) is 14.4. The summed E-state index contributed by atoms with van der Waals surface area (Å²) in [6.07, 6.45) is 0. The minimum atomic E-state index is -1.57. The molecule has 0 heterocycles. The third kappa shape index (κ3) is 3.34. The van der Waals surface area contributed by atoms with E-state index in [2.05, 4.69) is 0 Å². The third-order valence-corrected chi connectivity index (χ3v) is 3.04. The fraction of sp³-hybridized carbons (Fsp3) is 0.429. The maximum atomic E-state index is 11.8. The number of hydrogen-bond donors (Lipinski definition) is 3. The number of nitrogens with two attached hydrogens (primary N) is 1. The van der Waals surface area contributed by atoms with Crippen LogP contribution in [0.3, 0.4) is 0 Å². The fourth-order valence-corrected chi connectivity index (χ4v) is 1.32. The van der Waals surface area contributed by atoms with Gasteiger partial charge in [-0.05, 0) is 38.5 Å². The Labute approximate surface area is 117 Å². The summed E-state index contributed by atoms with van der Waals surface area (Å²) < 4.78 is 5.14. The Morgan fingerprint density at radius 3 is 2.40 bits per heavy atom. The number of carboxylic acid groups (broad SMARTS) is 1. The van der Waals surface area contributed by atoms with Gasteiger partial charge in [0.1, 0.15) is 11.3 Å². The van der Waals surface area contributed by atoms with Crippen LogP contribution in [0, 0.1) is 5.41 Å². The summed E-state index contributed by atoms with van der Waals surface area (Å²) in [6.45, 7) is 4.09. The molecule has 0 aliphatic carbocycles. The molecule has 4 N–H and O–H groups in total. The third-order valence-electron chi connectivity index (χ3n) is 3.04. The number of carboxylic acids is 1. The highest BCUT2D eigenvalue weighted by molar-refractivity contribution is 5.81. The Kier molecular flexibility index (Phi) is 4.52. The second-order valence-corrected chi connectivity index (χ2v) is 5.47. The lowest BCUT2D eigenvalue weighted by Gasteiger charge is -2.22. The van der Waals surface area contributed by atoms with E-state index in [1.807, 2.05) is 0 Å². The van der Waals surface area contributed by atoms with Gasteiger partial charge in [-0.1, -0.05) is 12.1 Å². The molecule has 0 saturated heterocycles. The SMILES string of the molecule is CC(C)(CO)C(=O)Oc1cccc([C@@](C)(N)C(=O)O)c1. The quantitative estimate of drug-likeness (QED) is 0.545. The van der Waals surface area contributed by atoms with Gasteiger partial charge in [-0.15, -0.1) is 0 Å². The molecule has 0 fully saturated rings. The highest BCUT2D eigenvalue weighted by Gasteiger charge is 2.32. The topological polar surface area (TPSA) is 110 Å². The molecule has 110 valence electrons. The van der Waals surface area contributed by atoms with E-state index in [1.54, 1.807) is 26.0 Å². The summed E-state index contributed by atoms with van der Waals surface area (Å²) in [6, 6.07) is 6.02. The first-order valence-corrected chi connectivity index (χ1v) is 6.07. The van der Waals surface area contributed by atoms with Gasteiger partial charge in [0.25, 0.3) is 0 Å². The number of aliphatic carboxylic acids is 1. The second kappa shape index (κ2) is 5.60. The van der Waals surface area contributed by atoms with Crippen LogP contribution in [-0.2, 0) is 15.1 Å². The average Bonchev–Trinajstić information content (AvgIpc) is 2.38. The second-order valence-electron chi connectivity index (χ2n) is 5.47. The Morgan fingerprint density at radius 1 is 1.30 bits per heavy atom. The Hall–Kier alpha value is -1.92. The van der Waals surface area contributed by atoms with Crippen LogP contribution in [0.15, 0.2) is 24.3 Å². The predicted octanol–water partition coefficient (Wildman–Crippen LogP) is 0.869. The molecule has 0 aliphatic rings. The molecule has 0 aromatic heterocycles. The molecule has 0 aliphatic heterocycles. The van der Waals surface area contributed by atoms with Gasteiger partial charge in [-0.2, -0.15) is 0 Å². The Balaban J connectivity index is 3.01. The largest absolute Gasteiger partial charge is 0.480 e. The molecule has 0 spiro atoms. The first-order valence-electron chi connectivity index (χ1n) is 6.07. The number of carbonyl (C=O) groups is 2. The van der Waals surface area contributed by atoms with Crippen molar-refractivity contribution in [1.29, 1.82) is 0 Å². The Bertz CT molecular complexity index is 522. The van der Waals surface area contributed by atoms with E-state index in [0.29, 0.717) is 5.56 Å². The highest BCUT2D eigenvalue weighted by Crippen LogP contribution is 2.25. The molecule has 0 unspecified atom stereocenters. The number of hydrogen-bond acceptors (Lipinski definition) is 5. The molecule has 6 heteroatoms. The van der Waals surface area contributed by atoms with Crippen LogP contribution < -0.4 is 10.5 Å². The lowest BCUT2D eigenvalue weighted by molar-refractivity contribution is -0.146. The van der Waals surface area contributed by atoms with E-state index in [-0.39, 0.29) is 12.4 Å². The van der Waals surface area contributed by atoms with Crippen molar-refractivity contribution in [3.63, 3.8) is 0 Å². The van der Waals surface area contributed by atoms with E-state index < -0.39 is 22.9 Å². The number of carbonyl (C=O) groups excluding carboxylic acids is 1. The van der Waals surface area contributed by atoms with Gasteiger partial charge in [0, 0.05) is 0 Å². The molecular weight excluding hydrogens is 262 g/mol. The predicted molar refractivity (Wildman–Crippen MR) is 72.1 cm³/mol. The molecule has 1 aromatic rings. The summed E-state index contributed by atoms with van der Waals surface area (Å²) in [4.78, 5) is 22.9. The number of benzene rings is 1. The van der Waals surface area contributed by atoms with Crippen LogP contribution in [0.25, 0.3) is 0 Å². The molecule has 20 heavy (non-hydrogen) atoms. The fourth-order valence-electron chi connectivity index (χ4n) is 1.32. The van der Waals surface area contributed by atoms with E-state index >= 15 is 0 Å². The molecule has 1 atom stereocenters. The monoisotopic (exact) mass is 281 g/mol. The minimum Gasteiger partial charge on any atom is -0.480 e. The lowest BCUT2D eigenvalue weighted by atomic mass is 9.93. The number of aliphatic hydroxyl groups excluding tert-OH is 1. The number of rotatable bonds is 5. The standard InChI is InChI=1S/C14H19NO5/c1-13(2,8-16)12(19)20-10-6-4-5-9(7-10)14(3,15)11(17)18/h4-7,16H,8,15H2,1-3H3,(H,17,18)/t14-/m1/s1. The minimum absolute atomic E-state index is 0.187.